The number of benzene rings is 1. The summed E-state index contributed by atoms with van der Waals surface area (Å²) >= 11 is 0. The lowest BCUT2D eigenvalue weighted by Gasteiger charge is -2.37. The van der Waals surface area contributed by atoms with Gasteiger partial charge in [-0.05, 0) is 77.8 Å². The van der Waals surface area contributed by atoms with Gasteiger partial charge in [0, 0.05) is 12.1 Å². The number of carbonyl (C=O) groups excluding carboxylic acids is 3. The van der Waals surface area contributed by atoms with Crippen LogP contribution in [-0.2, 0) is 14.3 Å². The van der Waals surface area contributed by atoms with Crippen LogP contribution in [0.2, 0.25) is 0 Å². The Kier molecular flexibility index (Phi) is 8.78. The molecule has 0 spiro atoms. The van der Waals surface area contributed by atoms with E-state index in [0.29, 0.717) is 0 Å². The highest BCUT2D eigenvalue weighted by Gasteiger charge is 2.49. The summed E-state index contributed by atoms with van der Waals surface area (Å²) in [7, 11) is 0. The Labute approximate surface area is 205 Å². The monoisotopic (exact) mass is 473 g/mol. The van der Waals surface area contributed by atoms with Crippen molar-refractivity contribution >= 4 is 17.9 Å². The summed E-state index contributed by atoms with van der Waals surface area (Å²) in [6, 6.07) is 4.22. The summed E-state index contributed by atoms with van der Waals surface area (Å²) in [5.74, 6) is -0.391. The highest BCUT2D eigenvalue weighted by atomic mass is 16.6. The fourth-order valence-corrected chi connectivity index (χ4v) is 4.12. The molecular formula is C27H43N3O4. The summed E-state index contributed by atoms with van der Waals surface area (Å²) in [5, 5.41) is 5.79. The maximum atomic E-state index is 14.1. The van der Waals surface area contributed by atoms with Crippen molar-refractivity contribution in [2.45, 2.75) is 105 Å². The molecule has 1 saturated carbocycles. The maximum absolute atomic E-state index is 14.1. The van der Waals surface area contributed by atoms with Crippen molar-refractivity contribution in [3.63, 3.8) is 0 Å². The van der Waals surface area contributed by atoms with Crippen LogP contribution < -0.4 is 10.6 Å². The second-order valence-corrected chi connectivity index (χ2v) is 11.3. The van der Waals surface area contributed by atoms with E-state index < -0.39 is 23.8 Å². The normalized spacial score (nSPS) is 19.4. The first-order valence-corrected chi connectivity index (χ1v) is 12.3. The predicted octanol–water partition coefficient (Wildman–Crippen LogP) is 4.66. The van der Waals surface area contributed by atoms with E-state index in [1.165, 1.54) is 0 Å². The molecule has 0 aromatic heterocycles. The van der Waals surface area contributed by atoms with E-state index in [9.17, 15) is 14.4 Å². The summed E-state index contributed by atoms with van der Waals surface area (Å²) in [6.07, 6.45) is 0.178. The molecule has 1 aliphatic rings. The lowest BCUT2D eigenvalue weighted by molar-refractivity contribution is -0.144. The van der Waals surface area contributed by atoms with Gasteiger partial charge in [-0.2, -0.15) is 0 Å². The van der Waals surface area contributed by atoms with E-state index in [1.807, 2.05) is 59.7 Å². The molecule has 2 rings (SSSR count). The van der Waals surface area contributed by atoms with Gasteiger partial charge in [-0.15, -0.1) is 0 Å². The molecule has 1 aromatic carbocycles. The molecule has 0 aliphatic heterocycles. The van der Waals surface area contributed by atoms with Crippen molar-refractivity contribution < 1.29 is 19.1 Å². The van der Waals surface area contributed by atoms with E-state index in [2.05, 4.69) is 17.6 Å². The fraction of sp³-hybridized carbons (Fsp3) is 0.667. The van der Waals surface area contributed by atoms with Gasteiger partial charge in [0.2, 0.25) is 11.8 Å². The lowest BCUT2D eigenvalue weighted by atomic mass is 9.94. The molecule has 34 heavy (non-hydrogen) atoms. The smallest absolute Gasteiger partial charge is 0.408 e. The molecule has 0 saturated heterocycles. The van der Waals surface area contributed by atoms with Gasteiger partial charge in [0.05, 0.1) is 0 Å². The largest absolute Gasteiger partial charge is 0.444 e. The van der Waals surface area contributed by atoms with Crippen LogP contribution in [0.5, 0.6) is 0 Å². The van der Waals surface area contributed by atoms with Crippen LogP contribution in [-0.4, -0.2) is 46.5 Å². The first-order valence-electron chi connectivity index (χ1n) is 12.3. The van der Waals surface area contributed by atoms with Crippen LogP contribution in [0, 0.1) is 25.7 Å². The van der Waals surface area contributed by atoms with E-state index in [1.54, 1.807) is 25.7 Å². The summed E-state index contributed by atoms with van der Waals surface area (Å²) in [6.45, 7) is 18.9. The molecule has 190 valence electrons. The van der Waals surface area contributed by atoms with Crippen LogP contribution in [0.25, 0.3) is 0 Å². The molecule has 3 amide bonds. The molecule has 0 bridgehead atoms. The minimum absolute atomic E-state index is 0.0722. The van der Waals surface area contributed by atoms with Crippen LogP contribution in [0.4, 0.5) is 4.79 Å². The molecule has 4 unspecified atom stereocenters. The molecule has 4 atom stereocenters. The number of ether oxygens (including phenoxy) is 1. The minimum Gasteiger partial charge on any atom is -0.444 e. The maximum Gasteiger partial charge on any atom is 0.408 e. The van der Waals surface area contributed by atoms with Crippen molar-refractivity contribution in [1.29, 1.82) is 0 Å². The van der Waals surface area contributed by atoms with Crippen LogP contribution in [0.3, 0.4) is 0 Å². The van der Waals surface area contributed by atoms with Crippen LogP contribution in [0.15, 0.2) is 18.2 Å². The lowest BCUT2D eigenvalue weighted by Crippen LogP contribution is -2.56. The molecule has 1 fully saturated rings. The quantitative estimate of drug-likeness (QED) is 0.575. The molecule has 0 radical (unpaired) electrons. The van der Waals surface area contributed by atoms with Crippen LogP contribution in [0.1, 0.15) is 84.5 Å². The van der Waals surface area contributed by atoms with Crippen molar-refractivity contribution in [3.05, 3.63) is 34.9 Å². The SMILES string of the molecule is Cc1ccc(C)c(C(C(=O)NC(C)C)N(C(=O)C(NC(=O)OC(C)(C)C)C(C)C)C2CC2C)c1. The number of aryl methyl sites for hydroxylation is 2. The van der Waals surface area contributed by atoms with Gasteiger partial charge in [-0.25, -0.2) is 4.79 Å². The van der Waals surface area contributed by atoms with E-state index in [-0.39, 0.29) is 35.7 Å². The second kappa shape index (κ2) is 10.8. The van der Waals surface area contributed by atoms with E-state index in [4.69, 9.17) is 4.74 Å². The third-order valence-electron chi connectivity index (χ3n) is 5.97. The second-order valence-electron chi connectivity index (χ2n) is 11.3. The summed E-state index contributed by atoms with van der Waals surface area (Å²) in [4.78, 5) is 42.0. The first-order chi connectivity index (χ1) is 15.6. The number of alkyl carbamates (subject to hydrolysis) is 1. The van der Waals surface area contributed by atoms with Crippen molar-refractivity contribution in [2.24, 2.45) is 11.8 Å². The zero-order valence-corrected chi connectivity index (χ0v) is 22.5. The van der Waals surface area contributed by atoms with E-state index in [0.717, 1.165) is 23.1 Å². The molecule has 1 aromatic rings. The molecular weight excluding hydrogens is 430 g/mol. The average molecular weight is 474 g/mol. The molecule has 7 nitrogen and oxygen atoms in total. The molecule has 0 heterocycles. The highest BCUT2D eigenvalue weighted by molar-refractivity contribution is 5.93. The summed E-state index contributed by atoms with van der Waals surface area (Å²) in [5.41, 5.74) is 2.09. The third kappa shape index (κ3) is 7.21. The minimum atomic E-state index is -0.817. The van der Waals surface area contributed by atoms with E-state index >= 15 is 0 Å². The number of nitrogens with one attached hydrogen (secondary N) is 2. The highest BCUT2D eigenvalue weighted by Crippen LogP contribution is 2.41. The van der Waals surface area contributed by atoms with Gasteiger partial charge >= 0.3 is 6.09 Å². The van der Waals surface area contributed by atoms with Gasteiger partial charge in [0.15, 0.2) is 0 Å². The topological polar surface area (TPSA) is 87.7 Å². The summed E-state index contributed by atoms with van der Waals surface area (Å²) < 4.78 is 5.43. The number of hydrogen-bond donors (Lipinski definition) is 2. The number of carbonyl (C=O) groups is 3. The number of hydrogen-bond acceptors (Lipinski definition) is 4. The van der Waals surface area contributed by atoms with Crippen LogP contribution >= 0.6 is 0 Å². The average Bonchev–Trinajstić information content (AvgIpc) is 3.39. The Balaban J connectivity index is 2.53. The zero-order chi connectivity index (χ0) is 26.0. The zero-order valence-electron chi connectivity index (χ0n) is 22.5. The Morgan fingerprint density at radius 3 is 2.12 bits per heavy atom. The van der Waals surface area contributed by atoms with Gasteiger partial charge in [-0.1, -0.05) is 44.5 Å². The number of rotatable bonds is 8. The van der Waals surface area contributed by atoms with Gasteiger partial charge < -0.3 is 20.3 Å². The molecule has 1 aliphatic carbocycles. The molecule has 2 N–H and O–H groups in total. The van der Waals surface area contributed by atoms with Crippen molar-refractivity contribution in [2.75, 3.05) is 0 Å². The Hall–Kier alpha value is -2.57. The Morgan fingerprint density at radius 1 is 1.06 bits per heavy atom. The van der Waals surface area contributed by atoms with Crippen molar-refractivity contribution in [1.82, 2.24) is 15.5 Å². The van der Waals surface area contributed by atoms with Gasteiger partial charge in [0.1, 0.15) is 17.7 Å². The number of amides is 3. The number of nitrogens with zero attached hydrogens (tertiary/aromatic N) is 1. The van der Waals surface area contributed by atoms with Crippen molar-refractivity contribution in [3.8, 4) is 0 Å². The Bertz CT molecular complexity index is 904. The first kappa shape index (κ1) is 27.7. The molecule has 7 heteroatoms. The van der Waals surface area contributed by atoms with Gasteiger partial charge in [0.25, 0.3) is 0 Å². The standard InChI is InChI=1S/C27H43N3O4/c1-15(2)22(29-26(33)34-27(8,9)10)25(32)30(21-14-19(21)7)23(24(31)28-16(3)4)20-13-17(5)11-12-18(20)6/h11-13,15-16,19,21-23H,14H2,1-10H3,(H,28,31)(H,29,33). The predicted molar refractivity (Wildman–Crippen MR) is 134 cm³/mol. The Morgan fingerprint density at radius 2 is 1.65 bits per heavy atom. The fourth-order valence-electron chi connectivity index (χ4n) is 4.12. The van der Waals surface area contributed by atoms with Gasteiger partial charge in [-0.3, -0.25) is 9.59 Å². The third-order valence-corrected chi connectivity index (χ3v) is 5.97.